The molecule has 1 amide bonds. The number of amides is 1. The number of nitrogens with zero attached hydrogens (tertiary/aromatic N) is 1. The summed E-state index contributed by atoms with van der Waals surface area (Å²) in [6, 6.07) is 6.49. The first-order valence-corrected chi connectivity index (χ1v) is 6.32. The Balaban J connectivity index is 2.27. The van der Waals surface area contributed by atoms with Crippen LogP contribution in [0.25, 0.3) is 0 Å². The molecule has 3 nitrogen and oxygen atoms in total. The van der Waals surface area contributed by atoms with E-state index in [0.29, 0.717) is 6.54 Å². The van der Waals surface area contributed by atoms with Crippen LogP contribution in [-0.4, -0.2) is 19.0 Å². The summed E-state index contributed by atoms with van der Waals surface area (Å²) in [7, 11) is 0. The lowest BCUT2D eigenvalue weighted by molar-refractivity contribution is -0.116. The minimum Gasteiger partial charge on any atom is -0.330 e. The lowest BCUT2D eigenvalue weighted by Crippen LogP contribution is -2.33. The van der Waals surface area contributed by atoms with Gasteiger partial charge in [-0.25, -0.2) is 0 Å². The third-order valence-electron chi connectivity index (χ3n) is 3.32. The number of hydrogen-bond donors (Lipinski definition) is 1. The Kier molecular flexibility index (Phi) is 3.79. The monoisotopic (exact) mass is 232 g/mol. The summed E-state index contributed by atoms with van der Waals surface area (Å²) in [6.45, 7) is 3.21. The number of nitrogens with two attached hydrogens (primary N) is 1. The van der Waals surface area contributed by atoms with E-state index in [4.69, 9.17) is 5.73 Å². The summed E-state index contributed by atoms with van der Waals surface area (Å²) >= 11 is 0. The topological polar surface area (TPSA) is 46.3 Å². The number of anilines is 1. The van der Waals surface area contributed by atoms with E-state index in [0.717, 1.165) is 37.9 Å². The quantitative estimate of drug-likeness (QED) is 0.865. The van der Waals surface area contributed by atoms with E-state index < -0.39 is 0 Å². The van der Waals surface area contributed by atoms with Crippen LogP contribution < -0.4 is 10.6 Å². The zero-order valence-corrected chi connectivity index (χ0v) is 10.4. The molecule has 0 aliphatic carbocycles. The highest BCUT2D eigenvalue weighted by Crippen LogP contribution is 2.28. The van der Waals surface area contributed by atoms with Crippen molar-refractivity contribution in [2.45, 2.75) is 32.6 Å². The van der Waals surface area contributed by atoms with Crippen LogP contribution in [-0.2, 0) is 17.6 Å². The molecule has 17 heavy (non-hydrogen) atoms. The molecule has 1 aromatic rings. The summed E-state index contributed by atoms with van der Waals surface area (Å²) < 4.78 is 0. The first-order chi connectivity index (χ1) is 8.22. The molecule has 3 heteroatoms. The second-order valence-electron chi connectivity index (χ2n) is 4.63. The molecule has 92 valence electrons. The van der Waals surface area contributed by atoms with E-state index in [1.165, 1.54) is 11.1 Å². The van der Waals surface area contributed by atoms with Crippen molar-refractivity contribution in [1.82, 2.24) is 0 Å². The minimum absolute atomic E-state index is 0.141. The zero-order chi connectivity index (χ0) is 12.3. The molecule has 0 radical (unpaired) electrons. The molecule has 2 rings (SSSR count). The van der Waals surface area contributed by atoms with Crippen LogP contribution in [0.2, 0.25) is 0 Å². The van der Waals surface area contributed by atoms with Crippen LogP contribution in [0.4, 0.5) is 5.69 Å². The van der Waals surface area contributed by atoms with E-state index in [9.17, 15) is 4.79 Å². The number of benzene rings is 1. The highest BCUT2D eigenvalue weighted by Gasteiger charge is 2.19. The molecule has 2 N–H and O–H groups in total. The number of fused-ring (bicyclic) bond motifs is 1. The van der Waals surface area contributed by atoms with Gasteiger partial charge in [-0.1, -0.05) is 12.1 Å². The molecule has 1 aromatic carbocycles. The van der Waals surface area contributed by atoms with Crippen molar-refractivity contribution >= 4 is 11.6 Å². The van der Waals surface area contributed by atoms with Crippen molar-refractivity contribution < 1.29 is 4.79 Å². The van der Waals surface area contributed by atoms with Crippen LogP contribution in [0, 0.1) is 0 Å². The second-order valence-corrected chi connectivity index (χ2v) is 4.63. The predicted molar refractivity (Wildman–Crippen MR) is 70.2 cm³/mol. The maximum absolute atomic E-state index is 11.6. The van der Waals surface area contributed by atoms with Crippen LogP contribution in [0.15, 0.2) is 18.2 Å². The van der Waals surface area contributed by atoms with Crippen LogP contribution in [0.3, 0.4) is 0 Å². The van der Waals surface area contributed by atoms with Gasteiger partial charge >= 0.3 is 0 Å². The fraction of sp³-hybridized carbons (Fsp3) is 0.500. The molecule has 0 saturated heterocycles. The molecule has 0 bridgehead atoms. The van der Waals surface area contributed by atoms with Gasteiger partial charge in [0.25, 0.3) is 0 Å². The molecule has 0 atom stereocenters. The van der Waals surface area contributed by atoms with Crippen molar-refractivity contribution in [2.75, 3.05) is 18.0 Å². The standard InChI is InChI=1S/C14H20N2O/c1-11(17)16-9-3-5-13-7-6-12(4-2-8-15)10-14(13)16/h6-7,10H,2-5,8-9,15H2,1H3. The normalized spacial score (nSPS) is 14.6. The fourth-order valence-electron chi connectivity index (χ4n) is 2.41. The Bertz CT molecular complexity index is 415. The molecular weight excluding hydrogens is 212 g/mol. The van der Waals surface area contributed by atoms with Gasteiger partial charge in [0.05, 0.1) is 0 Å². The number of hydrogen-bond acceptors (Lipinski definition) is 2. The average molecular weight is 232 g/mol. The maximum atomic E-state index is 11.6. The molecule has 1 aliphatic heterocycles. The first-order valence-electron chi connectivity index (χ1n) is 6.32. The third-order valence-corrected chi connectivity index (χ3v) is 3.32. The van der Waals surface area contributed by atoms with Gasteiger partial charge in [0.2, 0.25) is 5.91 Å². The van der Waals surface area contributed by atoms with Crippen LogP contribution in [0.5, 0.6) is 0 Å². The van der Waals surface area contributed by atoms with Gasteiger partial charge in [-0.15, -0.1) is 0 Å². The van der Waals surface area contributed by atoms with E-state index in [1.807, 2.05) is 4.90 Å². The Morgan fingerprint density at radius 3 is 3.00 bits per heavy atom. The van der Waals surface area contributed by atoms with E-state index >= 15 is 0 Å². The summed E-state index contributed by atoms with van der Waals surface area (Å²) in [6.07, 6.45) is 4.14. The lowest BCUT2D eigenvalue weighted by atomic mass is 9.98. The number of carbonyl (C=O) groups is 1. The predicted octanol–water partition coefficient (Wildman–Crippen LogP) is 1.88. The highest BCUT2D eigenvalue weighted by atomic mass is 16.2. The molecular formula is C14H20N2O. The molecule has 0 saturated carbocycles. The summed E-state index contributed by atoms with van der Waals surface area (Å²) in [4.78, 5) is 13.5. The molecule has 0 spiro atoms. The van der Waals surface area contributed by atoms with E-state index in [2.05, 4.69) is 18.2 Å². The van der Waals surface area contributed by atoms with Crippen LogP contribution >= 0.6 is 0 Å². The minimum atomic E-state index is 0.141. The van der Waals surface area contributed by atoms with Gasteiger partial charge in [-0.2, -0.15) is 0 Å². The van der Waals surface area contributed by atoms with Crippen molar-refractivity contribution in [3.63, 3.8) is 0 Å². The fourth-order valence-corrected chi connectivity index (χ4v) is 2.41. The van der Waals surface area contributed by atoms with Crippen molar-refractivity contribution in [3.05, 3.63) is 29.3 Å². The molecule has 0 aromatic heterocycles. The van der Waals surface area contributed by atoms with Gasteiger partial charge in [-0.3, -0.25) is 4.79 Å². The smallest absolute Gasteiger partial charge is 0.223 e. The SMILES string of the molecule is CC(=O)N1CCCc2ccc(CCCN)cc21. The summed E-state index contributed by atoms with van der Waals surface area (Å²) in [5.74, 6) is 0.141. The molecule has 1 heterocycles. The maximum Gasteiger partial charge on any atom is 0.223 e. The molecule has 0 fully saturated rings. The van der Waals surface area contributed by atoms with Crippen molar-refractivity contribution in [3.8, 4) is 0 Å². The average Bonchev–Trinajstić information content (AvgIpc) is 2.35. The summed E-state index contributed by atoms with van der Waals surface area (Å²) in [5, 5.41) is 0. The van der Waals surface area contributed by atoms with E-state index in [1.54, 1.807) is 6.92 Å². The van der Waals surface area contributed by atoms with Gasteiger partial charge in [0.1, 0.15) is 0 Å². The van der Waals surface area contributed by atoms with Gasteiger partial charge in [0, 0.05) is 19.2 Å². The first kappa shape index (κ1) is 12.1. The Hall–Kier alpha value is -1.35. The van der Waals surface area contributed by atoms with Gasteiger partial charge in [0.15, 0.2) is 0 Å². The largest absolute Gasteiger partial charge is 0.330 e. The zero-order valence-electron chi connectivity index (χ0n) is 10.4. The lowest BCUT2D eigenvalue weighted by Gasteiger charge is -2.29. The highest BCUT2D eigenvalue weighted by molar-refractivity contribution is 5.92. The van der Waals surface area contributed by atoms with Gasteiger partial charge in [-0.05, 0) is 49.4 Å². The van der Waals surface area contributed by atoms with Crippen molar-refractivity contribution in [2.24, 2.45) is 5.73 Å². The molecule has 1 aliphatic rings. The van der Waals surface area contributed by atoms with E-state index in [-0.39, 0.29) is 5.91 Å². The molecule has 0 unspecified atom stereocenters. The van der Waals surface area contributed by atoms with Crippen molar-refractivity contribution in [1.29, 1.82) is 0 Å². The number of aryl methyl sites for hydroxylation is 2. The Morgan fingerprint density at radius 1 is 1.47 bits per heavy atom. The Labute approximate surface area is 103 Å². The second kappa shape index (κ2) is 5.32. The number of rotatable bonds is 3. The van der Waals surface area contributed by atoms with Gasteiger partial charge < -0.3 is 10.6 Å². The third kappa shape index (κ3) is 2.67. The number of carbonyl (C=O) groups excluding carboxylic acids is 1. The van der Waals surface area contributed by atoms with Crippen LogP contribution in [0.1, 0.15) is 30.9 Å². The summed E-state index contributed by atoms with van der Waals surface area (Å²) in [5.41, 5.74) is 9.21. The Morgan fingerprint density at radius 2 is 2.29 bits per heavy atom.